The molecule has 7 heteroatoms. The van der Waals surface area contributed by atoms with E-state index in [1.54, 1.807) is 0 Å². The Balaban J connectivity index is 2.89. The van der Waals surface area contributed by atoms with Crippen LogP contribution in [-0.4, -0.2) is 18.4 Å². The molecule has 18 heavy (non-hydrogen) atoms. The molecule has 0 aliphatic carbocycles. The van der Waals surface area contributed by atoms with E-state index in [2.05, 4.69) is 4.74 Å². The lowest BCUT2D eigenvalue weighted by Crippen LogP contribution is -2.12. The smallest absolute Gasteiger partial charge is 0.389 e. The average Bonchev–Trinajstić information content (AvgIpc) is 2.24. The summed E-state index contributed by atoms with van der Waals surface area (Å²) in [5.41, 5.74) is -0.778. The van der Waals surface area contributed by atoms with Crippen LogP contribution in [0.25, 0.3) is 0 Å². The van der Waals surface area contributed by atoms with Gasteiger partial charge in [0.1, 0.15) is 17.4 Å². The summed E-state index contributed by atoms with van der Waals surface area (Å²) in [5, 5.41) is 9.39. The van der Waals surface area contributed by atoms with E-state index >= 15 is 0 Å². The topological polar surface area (TPSA) is 29.5 Å². The number of methoxy groups -OCH3 is 1. The Bertz CT molecular complexity index is 393. The van der Waals surface area contributed by atoms with Crippen LogP contribution in [-0.2, 0) is 0 Å². The van der Waals surface area contributed by atoms with E-state index in [0.717, 1.165) is 12.1 Å². The summed E-state index contributed by atoms with van der Waals surface area (Å²) in [6, 6.07) is 1.60. The largest absolute Gasteiger partial charge is 0.497 e. The van der Waals surface area contributed by atoms with E-state index in [4.69, 9.17) is 0 Å². The van der Waals surface area contributed by atoms with Crippen molar-refractivity contribution in [1.82, 2.24) is 0 Å². The Labute approximate surface area is 100.0 Å². The fraction of sp³-hybridized carbons (Fsp3) is 0.455. The Kier molecular flexibility index (Phi) is 4.50. The summed E-state index contributed by atoms with van der Waals surface area (Å²) in [4.78, 5) is 0. The van der Waals surface area contributed by atoms with Gasteiger partial charge < -0.3 is 9.84 Å². The molecule has 0 heterocycles. The van der Waals surface area contributed by atoms with Crippen molar-refractivity contribution in [2.75, 3.05) is 7.11 Å². The third-order valence-electron chi connectivity index (χ3n) is 2.32. The first kappa shape index (κ1) is 14.7. The number of ether oxygens (including phenoxy) is 1. The fourth-order valence-electron chi connectivity index (χ4n) is 1.44. The molecule has 0 aromatic heterocycles. The molecule has 0 radical (unpaired) electrons. The number of aliphatic hydroxyl groups excluding tert-OH is 1. The Morgan fingerprint density at radius 1 is 1.22 bits per heavy atom. The molecule has 0 fully saturated rings. The number of rotatable bonds is 4. The van der Waals surface area contributed by atoms with Crippen LogP contribution in [0.3, 0.4) is 0 Å². The van der Waals surface area contributed by atoms with Crippen LogP contribution in [0, 0.1) is 11.6 Å². The minimum atomic E-state index is -4.49. The molecule has 0 bridgehead atoms. The van der Waals surface area contributed by atoms with Gasteiger partial charge in [0.25, 0.3) is 0 Å². The van der Waals surface area contributed by atoms with Gasteiger partial charge >= 0.3 is 6.18 Å². The van der Waals surface area contributed by atoms with Crippen molar-refractivity contribution in [3.05, 3.63) is 29.3 Å². The molecule has 0 spiro atoms. The average molecular weight is 270 g/mol. The molecule has 0 saturated heterocycles. The van der Waals surface area contributed by atoms with Gasteiger partial charge in [-0.3, -0.25) is 0 Å². The molecule has 1 aromatic rings. The van der Waals surface area contributed by atoms with Gasteiger partial charge in [0, 0.05) is 18.6 Å². The highest BCUT2D eigenvalue weighted by atomic mass is 19.4. The van der Waals surface area contributed by atoms with Gasteiger partial charge in [0.2, 0.25) is 0 Å². The van der Waals surface area contributed by atoms with E-state index in [1.807, 2.05) is 0 Å². The molecule has 102 valence electrons. The third-order valence-corrected chi connectivity index (χ3v) is 2.32. The van der Waals surface area contributed by atoms with Crippen molar-refractivity contribution in [2.24, 2.45) is 0 Å². The van der Waals surface area contributed by atoms with Crippen molar-refractivity contribution < 1.29 is 31.8 Å². The minimum absolute atomic E-state index is 0.114. The maximum atomic E-state index is 13.4. The first-order valence-electron chi connectivity index (χ1n) is 5.02. The molecular formula is C11H11F5O2. The first-order valence-corrected chi connectivity index (χ1v) is 5.02. The number of hydrogen-bond acceptors (Lipinski definition) is 2. The van der Waals surface area contributed by atoms with Crippen molar-refractivity contribution in [2.45, 2.75) is 25.1 Å². The van der Waals surface area contributed by atoms with E-state index in [0.29, 0.717) is 0 Å². The highest BCUT2D eigenvalue weighted by molar-refractivity contribution is 5.31. The lowest BCUT2D eigenvalue weighted by Gasteiger charge is -2.15. The van der Waals surface area contributed by atoms with Crippen molar-refractivity contribution in [3.8, 4) is 5.75 Å². The van der Waals surface area contributed by atoms with Crippen LogP contribution in [0.1, 0.15) is 24.5 Å². The second kappa shape index (κ2) is 5.51. The summed E-state index contributed by atoms with van der Waals surface area (Å²) in [6.07, 6.45) is -8.46. The third kappa shape index (κ3) is 3.83. The van der Waals surface area contributed by atoms with Gasteiger partial charge in [0.05, 0.1) is 18.8 Å². The molecular weight excluding hydrogens is 259 g/mol. The van der Waals surface area contributed by atoms with E-state index in [-0.39, 0.29) is 5.75 Å². The van der Waals surface area contributed by atoms with Crippen LogP contribution in [0.5, 0.6) is 5.75 Å². The molecule has 1 atom stereocenters. The number of alkyl halides is 3. The van der Waals surface area contributed by atoms with Gasteiger partial charge in [-0.2, -0.15) is 13.2 Å². The Hall–Kier alpha value is -1.37. The van der Waals surface area contributed by atoms with Crippen LogP contribution in [0.2, 0.25) is 0 Å². The Morgan fingerprint density at radius 3 is 2.11 bits per heavy atom. The molecule has 1 unspecified atom stereocenters. The molecule has 1 aromatic carbocycles. The van der Waals surface area contributed by atoms with Crippen LogP contribution >= 0.6 is 0 Å². The number of aliphatic hydroxyl groups is 1. The molecule has 0 aliphatic rings. The lowest BCUT2D eigenvalue weighted by molar-refractivity contribution is -0.140. The predicted molar refractivity (Wildman–Crippen MR) is 53.2 cm³/mol. The van der Waals surface area contributed by atoms with Gasteiger partial charge in [0.15, 0.2) is 0 Å². The summed E-state index contributed by atoms with van der Waals surface area (Å²) in [5.74, 6) is -2.39. The van der Waals surface area contributed by atoms with Crippen molar-refractivity contribution >= 4 is 0 Å². The molecule has 0 saturated carbocycles. The maximum absolute atomic E-state index is 13.4. The van der Waals surface area contributed by atoms with Crippen molar-refractivity contribution in [3.63, 3.8) is 0 Å². The zero-order valence-corrected chi connectivity index (χ0v) is 9.39. The molecule has 0 aliphatic heterocycles. The number of hydrogen-bond donors (Lipinski definition) is 1. The lowest BCUT2D eigenvalue weighted by atomic mass is 10.0. The standard InChI is InChI=1S/C11H11F5O2/c1-18-6-4-7(12)10(8(13)5-6)9(17)2-3-11(14,15)16/h4-5,9,17H,2-3H2,1H3. The summed E-state index contributed by atoms with van der Waals surface area (Å²) in [7, 11) is 1.19. The van der Waals surface area contributed by atoms with Crippen LogP contribution in [0.4, 0.5) is 22.0 Å². The predicted octanol–water partition coefficient (Wildman–Crippen LogP) is 3.35. The monoisotopic (exact) mass is 270 g/mol. The second-order valence-corrected chi connectivity index (χ2v) is 3.67. The minimum Gasteiger partial charge on any atom is -0.497 e. The number of halogens is 5. The van der Waals surface area contributed by atoms with E-state index in [9.17, 15) is 27.1 Å². The van der Waals surface area contributed by atoms with Gasteiger partial charge in [-0.25, -0.2) is 8.78 Å². The molecule has 1 rings (SSSR count). The van der Waals surface area contributed by atoms with Crippen molar-refractivity contribution in [1.29, 1.82) is 0 Å². The quantitative estimate of drug-likeness (QED) is 0.850. The summed E-state index contributed by atoms with van der Waals surface area (Å²) in [6.45, 7) is 0. The summed E-state index contributed by atoms with van der Waals surface area (Å²) < 4.78 is 67.2. The van der Waals surface area contributed by atoms with Gasteiger partial charge in [-0.05, 0) is 6.42 Å². The van der Waals surface area contributed by atoms with Crippen LogP contribution in [0.15, 0.2) is 12.1 Å². The van der Waals surface area contributed by atoms with Gasteiger partial charge in [-0.1, -0.05) is 0 Å². The zero-order valence-electron chi connectivity index (χ0n) is 9.39. The summed E-state index contributed by atoms with van der Waals surface area (Å²) >= 11 is 0. The second-order valence-electron chi connectivity index (χ2n) is 3.67. The molecule has 2 nitrogen and oxygen atoms in total. The SMILES string of the molecule is COc1cc(F)c(C(O)CCC(F)(F)F)c(F)c1. The number of benzene rings is 1. The highest BCUT2D eigenvalue weighted by Gasteiger charge is 2.30. The van der Waals surface area contributed by atoms with E-state index < -0.39 is 42.3 Å². The zero-order chi connectivity index (χ0) is 13.9. The van der Waals surface area contributed by atoms with Gasteiger partial charge in [-0.15, -0.1) is 0 Å². The molecule has 0 amide bonds. The van der Waals surface area contributed by atoms with E-state index in [1.165, 1.54) is 7.11 Å². The maximum Gasteiger partial charge on any atom is 0.389 e. The highest BCUT2D eigenvalue weighted by Crippen LogP contribution is 2.31. The fourth-order valence-corrected chi connectivity index (χ4v) is 1.44. The first-order chi connectivity index (χ1) is 8.24. The van der Waals surface area contributed by atoms with Crippen LogP contribution < -0.4 is 4.74 Å². The molecule has 1 N–H and O–H groups in total. The normalized spacial score (nSPS) is 13.5. The Morgan fingerprint density at radius 2 is 1.72 bits per heavy atom.